The maximum atomic E-state index is 11.6. The van der Waals surface area contributed by atoms with Crippen LogP contribution >= 0.6 is 31.9 Å². The molecule has 0 aliphatic heterocycles. The number of carbonyl (C=O) groups excluding carboxylic acids is 1. The van der Waals surface area contributed by atoms with Crippen LogP contribution in [0.15, 0.2) is 24.3 Å². The van der Waals surface area contributed by atoms with Crippen LogP contribution in [0.25, 0.3) is 0 Å². The van der Waals surface area contributed by atoms with Crippen molar-refractivity contribution < 1.29 is 19.6 Å². The van der Waals surface area contributed by atoms with E-state index >= 15 is 0 Å². The number of nitrogens with zero attached hydrogens (tertiary/aromatic N) is 1. The van der Waals surface area contributed by atoms with Gasteiger partial charge in [-0.1, -0.05) is 31.9 Å². The molecule has 1 N–H and O–H groups in total. The van der Waals surface area contributed by atoms with Crippen LogP contribution in [-0.2, 0) is 16.1 Å². The Hall–Kier alpha value is -0.990. The fourth-order valence-electron chi connectivity index (χ4n) is 1.16. The lowest BCUT2D eigenvalue weighted by molar-refractivity contribution is -0.384. The fourth-order valence-corrected chi connectivity index (χ4v) is 1.48. The number of hydrogen-bond donors (Lipinski definition) is 1. The normalized spacial score (nSPS) is 15.4. The first kappa shape index (κ1) is 16.1. The molecule has 0 heterocycles. The van der Waals surface area contributed by atoms with Gasteiger partial charge in [0.25, 0.3) is 5.69 Å². The summed E-state index contributed by atoms with van der Waals surface area (Å²) in [4.78, 5) is 20.6. The van der Waals surface area contributed by atoms with Crippen molar-refractivity contribution >= 4 is 43.5 Å². The van der Waals surface area contributed by atoms with Crippen molar-refractivity contribution in [3.05, 3.63) is 39.9 Å². The van der Waals surface area contributed by atoms with E-state index in [1.54, 1.807) is 0 Å². The Morgan fingerprint density at radius 3 is 2.47 bits per heavy atom. The first-order valence-corrected chi connectivity index (χ1v) is 6.88. The number of nitro groups is 1. The quantitative estimate of drug-likeness (QED) is 0.357. The van der Waals surface area contributed by atoms with E-state index in [1.807, 2.05) is 0 Å². The van der Waals surface area contributed by atoms with Crippen LogP contribution in [0.5, 0.6) is 0 Å². The van der Waals surface area contributed by atoms with Gasteiger partial charge in [-0.05, 0) is 24.6 Å². The zero-order chi connectivity index (χ0) is 14.6. The maximum Gasteiger partial charge on any atom is 0.323 e. The van der Waals surface area contributed by atoms with Crippen molar-refractivity contribution in [2.45, 2.75) is 22.9 Å². The Morgan fingerprint density at radius 2 is 2.05 bits per heavy atom. The van der Waals surface area contributed by atoms with E-state index in [0.29, 0.717) is 5.56 Å². The second-order valence-corrected chi connectivity index (χ2v) is 6.44. The fraction of sp³-hybridized carbons (Fsp3) is 0.364. The van der Waals surface area contributed by atoms with E-state index < -0.39 is 20.2 Å². The largest absolute Gasteiger partial charge is 0.460 e. The van der Waals surface area contributed by atoms with Crippen molar-refractivity contribution in [2.75, 3.05) is 0 Å². The molecule has 0 saturated heterocycles. The van der Waals surface area contributed by atoms with Gasteiger partial charge in [-0.2, -0.15) is 0 Å². The first-order chi connectivity index (χ1) is 8.71. The van der Waals surface area contributed by atoms with Gasteiger partial charge in [-0.15, -0.1) is 0 Å². The third-order valence-corrected chi connectivity index (χ3v) is 4.54. The molecule has 1 aromatic rings. The summed E-state index contributed by atoms with van der Waals surface area (Å²) >= 11 is 5.94. The van der Waals surface area contributed by atoms with Crippen molar-refractivity contribution in [3.8, 4) is 0 Å². The summed E-state index contributed by atoms with van der Waals surface area (Å²) < 4.78 is 3.55. The summed E-state index contributed by atoms with van der Waals surface area (Å²) in [6.07, 6.45) is 0. The molecular formula is C11H11Br2NO5. The Kier molecular flexibility index (Phi) is 5.45. The van der Waals surface area contributed by atoms with Crippen molar-refractivity contribution in [2.24, 2.45) is 0 Å². The second kappa shape index (κ2) is 6.44. The van der Waals surface area contributed by atoms with Gasteiger partial charge in [-0.3, -0.25) is 14.9 Å². The molecule has 0 fully saturated rings. The summed E-state index contributed by atoms with van der Waals surface area (Å²) in [5.74, 6) is -0.639. The number of ether oxygens (including phenoxy) is 1. The number of rotatable bonds is 5. The average Bonchev–Trinajstić information content (AvgIpc) is 2.34. The number of hydrogen-bond acceptors (Lipinski definition) is 5. The van der Waals surface area contributed by atoms with Crippen LogP contribution in [0.2, 0.25) is 0 Å². The lowest BCUT2D eigenvalue weighted by Gasteiger charge is -2.20. The molecule has 1 aromatic carbocycles. The highest BCUT2D eigenvalue weighted by Crippen LogP contribution is 2.25. The van der Waals surface area contributed by atoms with Gasteiger partial charge in [0.1, 0.15) is 11.1 Å². The van der Waals surface area contributed by atoms with Gasteiger partial charge in [0, 0.05) is 12.1 Å². The lowest BCUT2D eigenvalue weighted by Crippen LogP contribution is -2.35. The number of nitro benzene ring substituents is 1. The van der Waals surface area contributed by atoms with Gasteiger partial charge < -0.3 is 9.84 Å². The highest BCUT2D eigenvalue weighted by molar-refractivity contribution is 9.12. The third-order valence-electron chi connectivity index (χ3n) is 2.20. The number of halogens is 2. The number of non-ortho nitro benzene ring substituents is 1. The maximum absolute atomic E-state index is 11.6. The molecule has 0 radical (unpaired) electrons. The molecule has 0 saturated carbocycles. The molecule has 6 nitrogen and oxygen atoms in total. The zero-order valence-corrected chi connectivity index (χ0v) is 13.0. The molecule has 104 valence electrons. The molecule has 0 aliphatic rings. The van der Waals surface area contributed by atoms with E-state index in [4.69, 9.17) is 4.74 Å². The molecule has 2 unspecified atom stereocenters. The molecule has 8 heteroatoms. The van der Waals surface area contributed by atoms with Crippen molar-refractivity contribution in [1.82, 2.24) is 0 Å². The molecular weight excluding hydrogens is 386 g/mol. The Bertz CT molecular complexity index is 469. The van der Waals surface area contributed by atoms with Crippen LogP contribution in [0, 0.1) is 10.1 Å². The highest BCUT2D eigenvalue weighted by atomic mass is 79.9. The number of benzene rings is 1. The summed E-state index contributed by atoms with van der Waals surface area (Å²) in [7, 11) is 0. The summed E-state index contributed by atoms with van der Waals surface area (Å²) in [6, 6.07) is 5.66. The predicted octanol–water partition coefficient (Wildman–Crippen LogP) is 2.50. The van der Waals surface area contributed by atoms with Crippen molar-refractivity contribution in [1.29, 1.82) is 0 Å². The molecule has 19 heavy (non-hydrogen) atoms. The van der Waals surface area contributed by atoms with Gasteiger partial charge in [0.15, 0.2) is 4.83 Å². The van der Waals surface area contributed by atoms with Gasteiger partial charge >= 0.3 is 5.97 Å². The molecule has 0 bridgehead atoms. The molecule has 1 rings (SSSR count). The molecule has 0 aliphatic carbocycles. The van der Waals surface area contributed by atoms with Gasteiger partial charge in [-0.25, -0.2) is 0 Å². The Balaban J connectivity index is 2.58. The van der Waals surface area contributed by atoms with Crippen LogP contribution in [0.4, 0.5) is 5.69 Å². The monoisotopic (exact) mass is 395 g/mol. The summed E-state index contributed by atoms with van der Waals surface area (Å²) in [5, 5.41) is 20.0. The number of esters is 1. The Morgan fingerprint density at radius 1 is 1.53 bits per heavy atom. The zero-order valence-electron chi connectivity index (χ0n) is 9.88. The first-order valence-electron chi connectivity index (χ1n) is 5.17. The van der Waals surface area contributed by atoms with Crippen LogP contribution < -0.4 is 0 Å². The molecule has 0 amide bonds. The van der Waals surface area contributed by atoms with Crippen LogP contribution in [0.1, 0.15) is 12.5 Å². The van der Waals surface area contributed by atoms with Gasteiger partial charge in [0.05, 0.1) is 4.92 Å². The van der Waals surface area contributed by atoms with E-state index in [0.717, 1.165) is 0 Å². The van der Waals surface area contributed by atoms with E-state index in [1.165, 1.54) is 31.2 Å². The lowest BCUT2D eigenvalue weighted by atomic mass is 10.2. The topological polar surface area (TPSA) is 89.7 Å². The predicted molar refractivity (Wildman–Crippen MR) is 75.2 cm³/mol. The summed E-state index contributed by atoms with van der Waals surface area (Å²) in [6.45, 7) is 1.38. The third kappa shape index (κ3) is 4.88. The minimum atomic E-state index is -1.42. The standard InChI is InChI=1S/C11H11Br2NO5/c1-11(13,16)9(12)10(15)19-6-7-2-4-8(5-3-7)14(17)18/h2-5,9,16H,6H2,1H3. The van der Waals surface area contributed by atoms with Crippen LogP contribution in [-0.4, -0.2) is 25.3 Å². The van der Waals surface area contributed by atoms with E-state index in [9.17, 15) is 20.0 Å². The van der Waals surface area contributed by atoms with E-state index in [2.05, 4.69) is 31.9 Å². The van der Waals surface area contributed by atoms with Crippen LogP contribution in [0.3, 0.4) is 0 Å². The number of carbonyl (C=O) groups is 1. The minimum Gasteiger partial charge on any atom is -0.460 e. The second-order valence-electron chi connectivity index (χ2n) is 3.92. The van der Waals surface area contributed by atoms with Crippen molar-refractivity contribution in [3.63, 3.8) is 0 Å². The SMILES string of the molecule is CC(O)(Br)C(Br)C(=O)OCc1ccc([N+](=O)[O-])cc1. The average molecular weight is 397 g/mol. The molecule has 0 aromatic heterocycles. The molecule has 0 spiro atoms. The Labute approximate surface area is 126 Å². The highest BCUT2D eigenvalue weighted by Gasteiger charge is 2.34. The van der Waals surface area contributed by atoms with E-state index in [-0.39, 0.29) is 12.3 Å². The smallest absolute Gasteiger partial charge is 0.323 e. The number of alkyl halides is 2. The number of aliphatic hydroxyl groups is 1. The van der Waals surface area contributed by atoms with Gasteiger partial charge in [0.2, 0.25) is 0 Å². The molecule has 2 atom stereocenters. The summed E-state index contributed by atoms with van der Waals surface area (Å²) in [5.41, 5.74) is 0.588. The minimum absolute atomic E-state index is 0.0258.